The highest BCUT2D eigenvalue weighted by atomic mass is 16.3. The molecule has 146 valence electrons. The minimum absolute atomic E-state index is 0.0674. The van der Waals surface area contributed by atoms with Gasteiger partial charge in [0.1, 0.15) is 11.8 Å². The third-order valence-corrected chi connectivity index (χ3v) is 4.78. The van der Waals surface area contributed by atoms with Crippen molar-refractivity contribution >= 4 is 17.6 Å². The van der Waals surface area contributed by atoms with Crippen LogP contribution in [0.25, 0.3) is 11.1 Å². The van der Waals surface area contributed by atoms with Gasteiger partial charge in [-0.25, -0.2) is 0 Å². The monoisotopic (exact) mass is 381 g/mol. The maximum atomic E-state index is 12.2. The first-order chi connectivity index (χ1) is 13.5. The van der Waals surface area contributed by atoms with Crippen LogP contribution in [-0.2, 0) is 9.59 Å². The first-order valence-electron chi connectivity index (χ1n) is 9.14. The van der Waals surface area contributed by atoms with Crippen LogP contribution in [0, 0.1) is 0 Å². The molecular formula is C21H23N3O4. The maximum absolute atomic E-state index is 12.2. The zero-order valence-electron chi connectivity index (χ0n) is 15.6. The number of hydrogen-bond acceptors (Lipinski definition) is 5. The molecule has 4 rings (SSSR count). The third kappa shape index (κ3) is 4.55. The van der Waals surface area contributed by atoms with Crippen molar-refractivity contribution in [3.63, 3.8) is 0 Å². The molecule has 0 spiro atoms. The molecule has 1 saturated heterocycles. The molecule has 7 heteroatoms. The number of hydrogen-bond donors (Lipinski definition) is 3. The number of Topliss-reactive ketones (excluding diaryl/α,β-unsaturated/α-hetero) is 1. The fraction of sp³-hybridized carbons (Fsp3) is 0.286. The molecule has 3 aliphatic rings. The average Bonchev–Trinajstić information content (AvgIpc) is 2.69. The standard InChI is InChI=1S/C15H19N3O4.C6H4/c1-10(19)13-8-16-6-7-18(13)14(21)9-17-15(22)11-2-4-12(20)5-3-11;1-2-6-4-3-5(1)6/h2-5,13,16,20H,6-9H2,1H3,(H,17,22);1-4H. The second-order valence-electron chi connectivity index (χ2n) is 6.72. The molecule has 28 heavy (non-hydrogen) atoms. The van der Waals surface area contributed by atoms with Crippen molar-refractivity contribution in [3.8, 4) is 16.9 Å². The van der Waals surface area contributed by atoms with Crippen molar-refractivity contribution in [3.05, 3.63) is 54.1 Å². The first kappa shape index (κ1) is 19.6. The van der Waals surface area contributed by atoms with Gasteiger partial charge in [-0.05, 0) is 42.3 Å². The molecule has 0 bridgehead atoms. The van der Waals surface area contributed by atoms with Gasteiger partial charge in [0, 0.05) is 25.2 Å². The normalized spacial score (nSPS) is 16.5. The van der Waals surface area contributed by atoms with Crippen molar-refractivity contribution in [2.24, 2.45) is 0 Å². The Morgan fingerprint density at radius 2 is 1.68 bits per heavy atom. The summed E-state index contributed by atoms with van der Waals surface area (Å²) in [6, 6.07) is 13.7. The van der Waals surface area contributed by atoms with E-state index in [9.17, 15) is 19.5 Å². The third-order valence-electron chi connectivity index (χ3n) is 4.78. The van der Waals surface area contributed by atoms with Crippen molar-refractivity contribution in [1.29, 1.82) is 0 Å². The van der Waals surface area contributed by atoms with Gasteiger partial charge in [-0.15, -0.1) is 0 Å². The number of rotatable bonds is 4. The summed E-state index contributed by atoms with van der Waals surface area (Å²) in [6.07, 6.45) is 0. The zero-order valence-corrected chi connectivity index (χ0v) is 15.6. The molecule has 1 aromatic rings. The van der Waals surface area contributed by atoms with Gasteiger partial charge in [0.25, 0.3) is 5.91 Å². The van der Waals surface area contributed by atoms with Gasteiger partial charge in [0.05, 0.1) is 6.54 Å². The highest BCUT2D eigenvalue weighted by Crippen LogP contribution is 2.29. The van der Waals surface area contributed by atoms with E-state index in [0.717, 1.165) is 0 Å². The predicted octanol–water partition coefficient (Wildman–Crippen LogP) is 1.18. The van der Waals surface area contributed by atoms with E-state index >= 15 is 0 Å². The molecular weight excluding hydrogens is 358 g/mol. The maximum Gasteiger partial charge on any atom is 0.251 e. The van der Waals surface area contributed by atoms with Crippen molar-refractivity contribution < 1.29 is 19.5 Å². The number of fused-ring (bicyclic) bond motifs is 1. The van der Waals surface area contributed by atoms with Crippen LogP contribution in [-0.4, -0.2) is 59.8 Å². The van der Waals surface area contributed by atoms with Crippen LogP contribution < -0.4 is 10.6 Å². The number of phenols is 1. The summed E-state index contributed by atoms with van der Waals surface area (Å²) in [6.45, 7) is 2.79. The number of carbonyl (C=O) groups excluding carboxylic acids is 3. The van der Waals surface area contributed by atoms with Crippen LogP contribution in [0.15, 0.2) is 48.5 Å². The van der Waals surface area contributed by atoms with E-state index in [1.54, 1.807) is 0 Å². The van der Waals surface area contributed by atoms with Gasteiger partial charge in [-0.3, -0.25) is 14.4 Å². The van der Waals surface area contributed by atoms with Gasteiger partial charge in [0.2, 0.25) is 5.91 Å². The molecule has 7 nitrogen and oxygen atoms in total. The minimum Gasteiger partial charge on any atom is -0.508 e. The number of ketones is 1. The number of nitrogens with one attached hydrogen (secondary N) is 2. The van der Waals surface area contributed by atoms with Crippen LogP contribution >= 0.6 is 0 Å². The number of nitrogens with zero attached hydrogens (tertiary/aromatic N) is 1. The van der Waals surface area contributed by atoms with Crippen molar-refractivity contribution in [1.82, 2.24) is 15.5 Å². The Morgan fingerprint density at radius 1 is 1.07 bits per heavy atom. The molecule has 1 heterocycles. The van der Waals surface area contributed by atoms with E-state index in [1.165, 1.54) is 47.2 Å². The summed E-state index contributed by atoms with van der Waals surface area (Å²) in [5, 5.41) is 14.8. The average molecular weight is 381 g/mol. The topological polar surface area (TPSA) is 98.7 Å². The van der Waals surface area contributed by atoms with Crippen molar-refractivity contribution in [2.75, 3.05) is 26.2 Å². The fourth-order valence-corrected chi connectivity index (χ4v) is 3.00. The highest BCUT2D eigenvalue weighted by molar-refractivity contribution is 5.97. The number of piperazine rings is 1. The van der Waals surface area contributed by atoms with Crippen LogP contribution in [0.4, 0.5) is 0 Å². The summed E-state index contributed by atoms with van der Waals surface area (Å²) in [7, 11) is 0. The van der Waals surface area contributed by atoms with Crippen LogP contribution in [0.3, 0.4) is 0 Å². The zero-order chi connectivity index (χ0) is 20.1. The van der Waals surface area contributed by atoms with Gasteiger partial charge in [0.15, 0.2) is 5.78 Å². The molecule has 0 saturated carbocycles. The molecule has 1 atom stereocenters. The van der Waals surface area contributed by atoms with Gasteiger partial charge < -0.3 is 20.6 Å². The molecule has 1 unspecified atom stereocenters. The Kier molecular flexibility index (Phi) is 6.06. The van der Waals surface area contributed by atoms with E-state index < -0.39 is 11.9 Å². The summed E-state index contributed by atoms with van der Waals surface area (Å²) in [5.41, 5.74) is 3.21. The van der Waals surface area contributed by atoms with Crippen LogP contribution in [0.2, 0.25) is 0 Å². The number of benzene rings is 2. The lowest BCUT2D eigenvalue weighted by molar-refractivity contribution is -0.139. The lowest BCUT2D eigenvalue weighted by atomic mass is 9.95. The van der Waals surface area contributed by atoms with Crippen molar-refractivity contribution in [2.45, 2.75) is 13.0 Å². The largest absolute Gasteiger partial charge is 0.508 e. The molecule has 1 fully saturated rings. The number of aromatic hydroxyl groups is 1. The van der Waals surface area contributed by atoms with E-state index in [-0.39, 0.29) is 24.0 Å². The van der Waals surface area contributed by atoms with E-state index in [4.69, 9.17) is 0 Å². The summed E-state index contributed by atoms with van der Waals surface area (Å²) < 4.78 is 0. The molecule has 2 aliphatic carbocycles. The Hall–Kier alpha value is -3.19. The lowest BCUT2D eigenvalue weighted by Crippen LogP contribution is -2.58. The Bertz CT molecular complexity index is 841. The molecule has 0 aromatic heterocycles. The summed E-state index contributed by atoms with van der Waals surface area (Å²) >= 11 is 0. The fourth-order valence-electron chi connectivity index (χ4n) is 3.00. The van der Waals surface area contributed by atoms with E-state index in [2.05, 4.69) is 34.9 Å². The van der Waals surface area contributed by atoms with Crippen LogP contribution in [0.1, 0.15) is 17.3 Å². The Labute approximate surface area is 163 Å². The van der Waals surface area contributed by atoms with Gasteiger partial charge in [-0.1, -0.05) is 24.3 Å². The number of carbonyl (C=O) groups is 3. The van der Waals surface area contributed by atoms with E-state index in [1.807, 2.05) is 0 Å². The second kappa shape index (κ2) is 8.67. The van der Waals surface area contributed by atoms with Gasteiger partial charge in [-0.2, -0.15) is 0 Å². The first-order valence-corrected chi connectivity index (χ1v) is 9.14. The predicted molar refractivity (Wildman–Crippen MR) is 105 cm³/mol. The van der Waals surface area contributed by atoms with Gasteiger partial charge >= 0.3 is 0 Å². The summed E-state index contributed by atoms with van der Waals surface area (Å²) in [5.74, 6) is -0.695. The Morgan fingerprint density at radius 3 is 2.18 bits per heavy atom. The lowest BCUT2D eigenvalue weighted by Gasteiger charge is -2.34. The second-order valence-corrected chi connectivity index (χ2v) is 6.72. The quantitative estimate of drug-likeness (QED) is 0.630. The molecule has 0 radical (unpaired) electrons. The molecule has 2 amide bonds. The molecule has 3 N–H and O–H groups in total. The highest BCUT2D eigenvalue weighted by Gasteiger charge is 2.29. The summed E-state index contributed by atoms with van der Waals surface area (Å²) in [4.78, 5) is 37.2. The smallest absolute Gasteiger partial charge is 0.251 e. The Balaban J connectivity index is 0.000000311. The van der Waals surface area contributed by atoms with Crippen LogP contribution in [0.5, 0.6) is 5.75 Å². The molecule has 1 aromatic carbocycles. The van der Waals surface area contributed by atoms with E-state index in [0.29, 0.717) is 25.2 Å². The number of phenolic OH excluding ortho intramolecular Hbond substituents is 1. The number of amides is 2. The SMILES string of the molecule is CC(=O)C1CNCCN1C(=O)CNC(=O)c1ccc(O)cc1.c1cc2ccc1-2. The molecule has 1 aliphatic heterocycles. The minimum atomic E-state index is -0.480.